The number of rotatable bonds is 3. The summed E-state index contributed by atoms with van der Waals surface area (Å²) in [6.07, 6.45) is 3.17. The molecule has 1 amide bonds. The quantitative estimate of drug-likeness (QED) is 0.916. The Morgan fingerprint density at radius 3 is 2.70 bits per heavy atom. The van der Waals surface area contributed by atoms with Gasteiger partial charge in [-0.3, -0.25) is 9.69 Å². The van der Waals surface area contributed by atoms with Gasteiger partial charge in [0.05, 0.1) is 18.6 Å². The lowest BCUT2D eigenvalue weighted by atomic mass is 10.1. The molecule has 2 aliphatic rings. The molecule has 5 nitrogen and oxygen atoms in total. The molecular formula is C18H23N3O2. The third-order valence-corrected chi connectivity index (χ3v) is 4.97. The van der Waals surface area contributed by atoms with Crippen molar-refractivity contribution in [2.75, 3.05) is 26.2 Å². The molecule has 5 heteroatoms. The van der Waals surface area contributed by atoms with E-state index in [4.69, 9.17) is 5.26 Å². The van der Waals surface area contributed by atoms with E-state index in [-0.39, 0.29) is 18.1 Å². The molecule has 1 aromatic carbocycles. The standard InChI is InChI=1S/C18H23N3O2/c19-8-7-14-3-1-4-15(13-14)18(23)21-11-9-20(10-12-21)16-5-2-6-17(16)22/h1,3-4,13,16-17,22H,2,5-7,9-12H2/t16-,17+/m1/s1. The lowest BCUT2D eigenvalue weighted by Gasteiger charge is -2.39. The van der Waals surface area contributed by atoms with Gasteiger partial charge in [-0.05, 0) is 37.0 Å². The first kappa shape index (κ1) is 16.0. The Morgan fingerprint density at radius 1 is 1.26 bits per heavy atom. The first-order valence-corrected chi connectivity index (χ1v) is 8.36. The lowest BCUT2D eigenvalue weighted by Crippen LogP contribution is -2.53. The van der Waals surface area contributed by atoms with E-state index in [1.54, 1.807) is 0 Å². The van der Waals surface area contributed by atoms with E-state index in [0.29, 0.717) is 25.1 Å². The van der Waals surface area contributed by atoms with Gasteiger partial charge in [-0.25, -0.2) is 0 Å². The number of benzene rings is 1. The van der Waals surface area contributed by atoms with E-state index in [0.717, 1.165) is 37.9 Å². The minimum Gasteiger partial charge on any atom is -0.391 e. The number of nitrogens with zero attached hydrogens (tertiary/aromatic N) is 3. The number of aliphatic hydroxyl groups excluding tert-OH is 1. The zero-order valence-electron chi connectivity index (χ0n) is 13.3. The van der Waals surface area contributed by atoms with Gasteiger partial charge >= 0.3 is 0 Å². The smallest absolute Gasteiger partial charge is 0.253 e. The van der Waals surface area contributed by atoms with Gasteiger partial charge in [0.1, 0.15) is 0 Å². The Kier molecular flexibility index (Phi) is 4.94. The number of hydrogen-bond donors (Lipinski definition) is 1. The molecule has 2 fully saturated rings. The molecule has 3 rings (SSSR count). The van der Waals surface area contributed by atoms with Crippen molar-refractivity contribution >= 4 is 5.91 Å². The number of nitriles is 1. The average Bonchev–Trinajstić information content (AvgIpc) is 3.01. The fourth-order valence-corrected chi connectivity index (χ4v) is 3.69. The molecule has 122 valence electrons. The van der Waals surface area contributed by atoms with Crippen LogP contribution in [0.15, 0.2) is 24.3 Å². The molecule has 1 N–H and O–H groups in total. The zero-order valence-corrected chi connectivity index (χ0v) is 13.3. The maximum absolute atomic E-state index is 12.6. The van der Waals surface area contributed by atoms with Crippen LogP contribution in [0.3, 0.4) is 0 Å². The Hall–Kier alpha value is -1.90. The highest BCUT2D eigenvalue weighted by Crippen LogP contribution is 2.25. The maximum atomic E-state index is 12.6. The molecular weight excluding hydrogens is 290 g/mol. The fraction of sp³-hybridized carbons (Fsp3) is 0.556. The minimum absolute atomic E-state index is 0.0383. The summed E-state index contributed by atoms with van der Waals surface area (Å²) in [5, 5.41) is 18.8. The lowest BCUT2D eigenvalue weighted by molar-refractivity contribution is 0.0315. The Morgan fingerprint density at radius 2 is 2.04 bits per heavy atom. The zero-order chi connectivity index (χ0) is 16.2. The summed E-state index contributed by atoms with van der Waals surface area (Å²) in [7, 11) is 0. The van der Waals surface area contributed by atoms with Gasteiger partial charge in [-0.1, -0.05) is 12.1 Å². The van der Waals surface area contributed by atoms with Crippen molar-refractivity contribution in [3.05, 3.63) is 35.4 Å². The van der Waals surface area contributed by atoms with Crippen molar-refractivity contribution in [1.82, 2.24) is 9.80 Å². The van der Waals surface area contributed by atoms with Crippen LogP contribution in [0.1, 0.15) is 35.2 Å². The Balaban J connectivity index is 1.60. The van der Waals surface area contributed by atoms with E-state index >= 15 is 0 Å². The van der Waals surface area contributed by atoms with Crippen LogP contribution in [-0.4, -0.2) is 59.1 Å². The molecule has 1 aliphatic carbocycles. The summed E-state index contributed by atoms with van der Waals surface area (Å²) in [5.41, 5.74) is 1.54. The molecule has 0 spiro atoms. The molecule has 1 aromatic rings. The highest BCUT2D eigenvalue weighted by atomic mass is 16.3. The predicted molar refractivity (Wildman–Crippen MR) is 86.9 cm³/mol. The van der Waals surface area contributed by atoms with Crippen LogP contribution in [0.4, 0.5) is 0 Å². The molecule has 0 radical (unpaired) electrons. The van der Waals surface area contributed by atoms with Gasteiger partial charge in [-0.15, -0.1) is 0 Å². The van der Waals surface area contributed by atoms with Crippen molar-refractivity contribution in [2.24, 2.45) is 0 Å². The van der Waals surface area contributed by atoms with E-state index in [2.05, 4.69) is 11.0 Å². The average molecular weight is 313 g/mol. The molecule has 1 saturated carbocycles. The highest BCUT2D eigenvalue weighted by Gasteiger charge is 2.33. The second-order valence-electron chi connectivity index (χ2n) is 6.43. The summed E-state index contributed by atoms with van der Waals surface area (Å²) < 4.78 is 0. The molecule has 0 unspecified atom stereocenters. The van der Waals surface area contributed by atoms with Gasteiger partial charge in [0.25, 0.3) is 5.91 Å². The van der Waals surface area contributed by atoms with Crippen LogP contribution in [0.2, 0.25) is 0 Å². The molecule has 1 heterocycles. The van der Waals surface area contributed by atoms with Crippen LogP contribution in [-0.2, 0) is 6.42 Å². The van der Waals surface area contributed by atoms with Crippen molar-refractivity contribution in [3.63, 3.8) is 0 Å². The van der Waals surface area contributed by atoms with Crippen molar-refractivity contribution < 1.29 is 9.90 Å². The van der Waals surface area contributed by atoms with Crippen molar-refractivity contribution in [1.29, 1.82) is 5.26 Å². The van der Waals surface area contributed by atoms with Crippen LogP contribution in [0.5, 0.6) is 0 Å². The molecule has 0 aromatic heterocycles. The number of carbonyl (C=O) groups is 1. The van der Waals surface area contributed by atoms with Gasteiger partial charge in [-0.2, -0.15) is 5.26 Å². The van der Waals surface area contributed by atoms with Crippen molar-refractivity contribution in [2.45, 2.75) is 37.8 Å². The minimum atomic E-state index is -0.208. The predicted octanol–water partition coefficient (Wildman–Crippen LogP) is 1.42. The normalized spacial score (nSPS) is 25.3. The van der Waals surface area contributed by atoms with Crippen LogP contribution in [0.25, 0.3) is 0 Å². The van der Waals surface area contributed by atoms with Crippen LogP contribution >= 0.6 is 0 Å². The SMILES string of the molecule is N#CCc1cccc(C(=O)N2CCN([C@@H]3CCC[C@@H]3O)CC2)c1. The Bertz CT molecular complexity index is 603. The second-order valence-corrected chi connectivity index (χ2v) is 6.43. The number of aliphatic hydroxyl groups is 1. The van der Waals surface area contributed by atoms with Crippen molar-refractivity contribution in [3.8, 4) is 6.07 Å². The van der Waals surface area contributed by atoms with E-state index < -0.39 is 0 Å². The first-order chi connectivity index (χ1) is 11.2. The first-order valence-electron chi connectivity index (χ1n) is 8.36. The monoisotopic (exact) mass is 313 g/mol. The summed E-state index contributed by atoms with van der Waals surface area (Å²) in [6, 6.07) is 9.73. The maximum Gasteiger partial charge on any atom is 0.253 e. The summed E-state index contributed by atoms with van der Waals surface area (Å²) in [5.74, 6) is 0.0383. The third-order valence-electron chi connectivity index (χ3n) is 4.97. The summed E-state index contributed by atoms with van der Waals surface area (Å²) >= 11 is 0. The second kappa shape index (κ2) is 7.12. The molecule has 0 bridgehead atoms. The van der Waals surface area contributed by atoms with Gasteiger partial charge in [0.15, 0.2) is 0 Å². The van der Waals surface area contributed by atoms with E-state index in [9.17, 15) is 9.90 Å². The third kappa shape index (κ3) is 3.54. The molecule has 23 heavy (non-hydrogen) atoms. The van der Waals surface area contributed by atoms with Gasteiger partial charge in [0, 0.05) is 37.8 Å². The molecule has 2 atom stereocenters. The summed E-state index contributed by atoms with van der Waals surface area (Å²) in [6.45, 7) is 3.05. The number of carbonyl (C=O) groups excluding carboxylic acids is 1. The number of hydrogen-bond acceptors (Lipinski definition) is 4. The Labute approximate surface area is 137 Å². The van der Waals surface area contributed by atoms with E-state index in [1.807, 2.05) is 29.2 Å². The van der Waals surface area contributed by atoms with Crippen LogP contribution in [0, 0.1) is 11.3 Å². The highest BCUT2D eigenvalue weighted by molar-refractivity contribution is 5.94. The number of piperazine rings is 1. The summed E-state index contributed by atoms with van der Waals surface area (Å²) in [4.78, 5) is 16.8. The largest absolute Gasteiger partial charge is 0.391 e. The fourth-order valence-electron chi connectivity index (χ4n) is 3.69. The van der Waals surface area contributed by atoms with Gasteiger partial charge in [0.2, 0.25) is 0 Å². The van der Waals surface area contributed by atoms with Gasteiger partial charge < -0.3 is 10.0 Å². The van der Waals surface area contributed by atoms with Crippen LogP contribution < -0.4 is 0 Å². The van der Waals surface area contributed by atoms with E-state index in [1.165, 1.54) is 0 Å². The molecule has 1 saturated heterocycles. The number of amides is 1. The topological polar surface area (TPSA) is 67.6 Å². The molecule has 1 aliphatic heterocycles.